The number of hydrogen-bond acceptors (Lipinski definition) is 5. The zero-order valence-corrected chi connectivity index (χ0v) is 14.7. The second-order valence-electron chi connectivity index (χ2n) is 6.66. The van der Waals surface area contributed by atoms with Gasteiger partial charge in [0, 0.05) is 27.2 Å². The lowest BCUT2D eigenvalue weighted by Gasteiger charge is -2.43. The predicted molar refractivity (Wildman–Crippen MR) is 87.7 cm³/mol. The Hall–Kier alpha value is -0.960. The van der Waals surface area contributed by atoms with E-state index in [9.17, 15) is 8.42 Å². The van der Waals surface area contributed by atoms with Crippen molar-refractivity contribution in [2.75, 3.05) is 46.1 Å². The molecule has 0 atom stereocenters. The number of piperidine rings is 1. The maximum absolute atomic E-state index is 11.8. The first-order chi connectivity index (χ1) is 10.9. The number of aromatic nitrogens is 2. The molecule has 1 aromatic heterocycles. The fourth-order valence-electron chi connectivity index (χ4n) is 3.51. The van der Waals surface area contributed by atoms with E-state index >= 15 is 0 Å². The zero-order valence-electron chi connectivity index (χ0n) is 13.9. The molecule has 0 radical (unpaired) electrons. The largest absolute Gasteiger partial charge is 0.368 e. The van der Waals surface area contributed by atoms with Gasteiger partial charge in [-0.05, 0) is 37.8 Å². The van der Waals surface area contributed by atoms with Gasteiger partial charge in [0.2, 0.25) is 10.0 Å². The van der Waals surface area contributed by atoms with E-state index in [0.717, 1.165) is 51.2 Å². The molecule has 1 saturated heterocycles. The Balaban J connectivity index is 1.52. The van der Waals surface area contributed by atoms with Crippen LogP contribution < -0.4 is 0 Å². The Morgan fingerprint density at radius 2 is 2.13 bits per heavy atom. The van der Waals surface area contributed by atoms with Crippen molar-refractivity contribution in [2.45, 2.75) is 31.3 Å². The van der Waals surface area contributed by atoms with E-state index in [1.165, 1.54) is 9.87 Å². The molecule has 2 aliphatic heterocycles. The van der Waals surface area contributed by atoms with E-state index in [1.807, 2.05) is 6.20 Å². The Morgan fingerprint density at radius 1 is 1.39 bits per heavy atom. The number of nitrogens with zero attached hydrogens (tertiary/aromatic N) is 3. The van der Waals surface area contributed by atoms with Crippen LogP contribution in [0.2, 0.25) is 0 Å². The molecule has 3 heterocycles. The molecule has 0 aliphatic carbocycles. The van der Waals surface area contributed by atoms with Crippen LogP contribution in [-0.4, -0.2) is 73.9 Å². The maximum Gasteiger partial charge on any atom is 0.213 e. The molecule has 7 nitrogen and oxygen atoms in total. The molecular formula is C15H26N4O3S. The van der Waals surface area contributed by atoms with Gasteiger partial charge in [0.25, 0.3) is 0 Å². The summed E-state index contributed by atoms with van der Waals surface area (Å²) in [7, 11) is 0.0816. The van der Waals surface area contributed by atoms with Gasteiger partial charge in [0.15, 0.2) is 0 Å². The lowest BCUT2D eigenvalue weighted by atomic mass is 9.84. The monoisotopic (exact) mass is 342 g/mol. The molecule has 2 aliphatic rings. The first-order valence-corrected chi connectivity index (χ1v) is 9.83. The van der Waals surface area contributed by atoms with Crippen molar-refractivity contribution in [3.8, 4) is 0 Å². The quantitative estimate of drug-likeness (QED) is 0.846. The average molecular weight is 342 g/mol. The second kappa shape index (κ2) is 6.51. The van der Waals surface area contributed by atoms with Crippen molar-refractivity contribution in [3.63, 3.8) is 0 Å². The number of ether oxygens (including phenoxy) is 1. The van der Waals surface area contributed by atoms with Crippen LogP contribution in [0.5, 0.6) is 0 Å². The first-order valence-electron chi connectivity index (χ1n) is 8.22. The first kappa shape index (κ1) is 16.9. The molecule has 0 aromatic carbocycles. The highest BCUT2D eigenvalue weighted by atomic mass is 32.2. The smallest absolute Gasteiger partial charge is 0.213 e. The van der Waals surface area contributed by atoms with E-state index in [0.29, 0.717) is 6.42 Å². The molecule has 0 saturated carbocycles. The fourth-order valence-corrected chi connectivity index (χ4v) is 4.37. The van der Waals surface area contributed by atoms with Gasteiger partial charge in [-0.15, -0.1) is 0 Å². The van der Waals surface area contributed by atoms with Crippen LogP contribution >= 0.6 is 0 Å². The zero-order chi connectivity index (χ0) is 16.5. The maximum atomic E-state index is 11.8. The molecule has 1 aromatic rings. The SMILES string of the molecule is CN(C)S(=O)(=O)CCCN1CCC2(CC1)OCCc1cn[nH]c12. The minimum Gasteiger partial charge on any atom is -0.368 e. The second-order valence-corrected chi connectivity index (χ2v) is 8.96. The number of fused-ring (bicyclic) bond motifs is 2. The van der Waals surface area contributed by atoms with E-state index in [1.54, 1.807) is 14.1 Å². The summed E-state index contributed by atoms with van der Waals surface area (Å²) in [6.07, 6.45) is 5.38. The van der Waals surface area contributed by atoms with Crippen LogP contribution in [0, 0.1) is 0 Å². The summed E-state index contributed by atoms with van der Waals surface area (Å²) in [5, 5.41) is 7.31. The molecule has 0 amide bonds. The number of likely N-dealkylation sites (tertiary alicyclic amines) is 1. The fraction of sp³-hybridized carbons (Fsp3) is 0.800. The van der Waals surface area contributed by atoms with Crippen LogP contribution in [0.1, 0.15) is 30.5 Å². The number of H-pyrrole nitrogens is 1. The highest BCUT2D eigenvalue weighted by Crippen LogP contribution is 2.40. The van der Waals surface area contributed by atoms with Gasteiger partial charge in [-0.3, -0.25) is 5.10 Å². The summed E-state index contributed by atoms with van der Waals surface area (Å²) in [6.45, 7) is 3.44. The summed E-state index contributed by atoms with van der Waals surface area (Å²) in [5.41, 5.74) is 2.22. The predicted octanol–water partition coefficient (Wildman–Crippen LogP) is 0.555. The van der Waals surface area contributed by atoms with Crippen molar-refractivity contribution in [1.82, 2.24) is 19.4 Å². The van der Waals surface area contributed by atoms with Crippen molar-refractivity contribution >= 4 is 10.0 Å². The molecule has 8 heteroatoms. The topological polar surface area (TPSA) is 78.5 Å². The van der Waals surface area contributed by atoms with Gasteiger partial charge in [-0.1, -0.05) is 0 Å². The van der Waals surface area contributed by atoms with Crippen LogP contribution in [0.4, 0.5) is 0 Å². The number of hydrogen-bond donors (Lipinski definition) is 1. The molecule has 0 unspecified atom stereocenters. The Bertz CT molecular complexity index is 633. The summed E-state index contributed by atoms with van der Waals surface area (Å²) in [6, 6.07) is 0. The molecule has 0 bridgehead atoms. The average Bonchev–Trinajstić information content (AvgIpc) is 2.99. The van der Waals surface area contributed by atoms with Crippen LogP contribution in [0.25, 0.3) is 0 Å². The molecular weight excluding hydrogens is 316 g/mol. The van der Waals surface area contributed by atoms with Gasteiger partial charge < -0.3 is 9.64 Å². The Kier molecular flexibility index (Phi) is 4.78. The summed E-state index contributed by atoms with van der Waals surface area (Å²) >= 11 is 0. The minimum atomic E-state index is -3.09. The standard InChI is InChI=1S/C15H26N4O3S/c1-18(2)23(20,21)11-3-7-19-8-5-15(6-9-19)14-13(4-10-22-15)12-16-17-14/h12H,3-11H2,1-2H3,(H,16,17). The number of rotatable bonds is 5. The number of sulfonamides is 1. The van der Waals surface area contributed by atoms with Crippen molar-refractivity contribution < 1.29 is 13.2 Å². The summed E-state index contributed by atoms with van der Waals surface area (Å²) in [4.78, 5) is 2.34. The van der Waals surface area contributed by atoms with E-state index < -0.39 is 10.0 Å². The van der Waals surface area contributed by atoms with Crippen molar-refractivity contribution in [2.24, 2.45) is 0 Å². The lowest BCUT2D eigenvalue weighted by molar-refractivity contribution is -0.100. The van der Waals surface area contributed by atoms with E-state index in [-0.39, 0.29) is 11.4 Å². The molecule has 1 N–H and O–H groups in total. The van der Waals surface area contributed by atoms with Crippen LogP contribution in [0.3, 0.4) is 0 Å². The highest BCUT2D eigenvalue weighted by Gasteiger charge is 2.42. The highest BCUT2D eigenvalue weighted by molar-refractivity contribution is 7.89. The Labute approximate surface area is 138 Å². The third-order valence-corrected chi connectivity index (χ3v) is 6.94. The van der Waals surface area contributed by atoms with Gasteiger partial charge >= 0.3 is 0 Å². The number of nitrogens with one attached hydrogen (secondary N) is 1. The molecule has 1 spiro atoms. The van der Waals surface area contributed by atoms with Crippen LogP contribution in [0.15, 0.2) is 6.20 Å². The molecule has 23 heavy (non-hydrogen) atoms. The van der Waals surface area contributed by atoms with Gasteiger partial charge in [0.1, 0.15) is 5.60 Å². The normalized spacial score (nSPS) is 21.7. The number of aromatic amines is 1. The van der Waals surface area contributed by atoms with Crippen molar-refractivity contribution in [1.29, 1.82) is 0 Å². The lowest BCUT2D eigenvalue weighted by Crippen LogP contribution is -2.47. The van der Waals surface area contributed by atoms with Gasteiger partial charge in [-0.25, -0.2) is 12.7 Å². The Morgan fingerprint density at radius 3 is 2.83 bits per heavy atom. The molecule has 130 valence electrons. The van der Waals surface area contributed by atoms with E-state index in [4.69, 9.17) is 4.74 Å². The third kappa shape index (κ3) is 3.45. The minimum absolute atomic E-state index is 0.211. The van der Waals surface area contributed by atoms with E-state index in [2.05, 4.69) is 15.1 Å². The summed E-state index contributed by atoms with van der Waals surface area (Å²) in [5.74, 6) is 0.211. The third-order valence-electron chi connectivity index (χ3n) is 5.02. The molecule has 3 rings (SSSR count). The van der Waals surface area contributed by atoms with Crippen molar-refractivity contribution in [3.05, 3.63) is 17.5 Å². The van der Waals surface area contributed by atoms with Crippen LogP contribution in [-0.2, 0) is 26.8 Å². The van der Waals surface area contributed by atoms with Gasteiger partial charge in [0.05, 0.1) is 24.3 Å². The summed E-state index contributed by atoms with van der Waals surface area (Å²) < 4.78 is 31.0. The molecule has 1 fully saturated rings. The van der Waals surface area contributed by atoms with Gasteiger partial charge in [-0.2, -0.15) is 5.10 Å².